The van der Waals surface area contributed by atoms with Gasteiger partial charge >= 0.3 is 0 Å². The van der Waals surface area contributed by atoms with Crippen molar-refractivity contribution in [3.8, 4) is 0 Å². The normalized spacial score (nSPS) is 26.5. The molecule has 1 aromatic heterocycles. The zero-order chi connectivity index (χ0) is 14.7. The molecule has 2 N–H and O–H groups in total. The van der Waals surface area contributed by atoms with E-state index in [0.717, 1.165) is 30.7 Å². The molecule has 1 heterocycles. The Balaban J connectivity index is 1.92. The summed E-state index contributed by atoms with van der Waals surface area (Å²) in [5.74, 6) is -0.128. The summed E-state index contributed by atoms with van der Waals surface area (Å²) in [6.07, 6.45) is 1.73. The molecule has 6 heteroatoms. The number of amides is 1. The summed E-state index contributed by atoms with van der Waals surface area (Å²) in [7, 11) is 1.59. The smallest absolute Gasteiger partial charge is 0.242 e. The van der Waals surface area contributed by atoms with Gasteiger partial charge in [-0.1, -0.05) is 0 Å². The van der Waals surface area contributed by atoms with Crippen LogP contribution in [0.4, 0.5) is 0 Å². The molecule has 1 saturated carbocycles. The highest BCUT2D eigenvalue weighted by Crippen LogP contribution is 2.21. The number of aliphatic hydroxyl groups excluding tert-OH is 1. The lowest BCUT2D eigenvalue weighted by Crippen LogP contribution is -2.52. The van der Waals surface area contributed by atoms with Crippen LogP contribution in [-0.2, 0) is 16.1 Å². The summed E-state index contributed by atoms with van der Waals surface area (Å²) >= 11 is 0. The van der Waals surface area contributed by atoms with Crippen LogP contribution in [0.15, 0.2) is 6.07 Å². The molecule has 3 atom stereocenters. The number of nitrogens with zero attached hydrogens (tertiary/aromatic N) is 2. The minimum absolute atomic E-state index is 0.128. The van der Waals surface area contributed by atoms with E-state index in [-0.39, 0.29) is 24.6 Å². The predicted molar refractivity (Wildman–Crippen MR) is 74.3 cm³/mol. The molecular formula is C14H23N3O3. The van der Waals surface area contributed by atoms with Crippen LogP contribution in [0.25, 0.3) is 0 Å². The summed E-state index contributed by atoms with van der Waals surface area (Å²) in [4.78, 5) is 12.1. The van der Waals surface area contributed by atoms with E-state index in [1.54, 1.807) is 11.8 Å². The van der Waals surface area contributed by atoms with E-state index >= 15 is 0 Å². The van der Waals surface area contributed by atoms with Crippen LogP contribution in [0, 0.1) is 13.8 Å². The Morgan fingerprint density at radius 3 is 2.90 bits per heavy atom. The second-order valence-corrected chi connectivity index (χ2v) is 5.45. The van der Waals surface area contributed by atoms with Crippen molar-refractivity contribution >= 4 is 5.91 Å². The van der Waals surface area contributed by atoms with Crippen molar-refractivity contribution in [3.63, 3.8) is 0 Å². The van der Waals surface area contributed by atoms with Crippen molar-refractivity contribution in [1.82, 2.24) is 15.1 Å². The third-order valence-electron chi connectivity index (χ3n) is 3.84. The molecule has 0 spiro atoms. The number of rotatable bonds is 4. The molecular weight excluding hydrogens is 258 g/mol. The molecule has 0 aliphatic heterocycles. The first kappa shape index (κ1) is 15.0. The third kappa shape index (κ3) is 3.37. The zero-order valence-corrected chi connectivity index (χ0v) is 12.3. The van der Waals surface area contributed by atoms with Gasteiger partial charge in [-0.15, -0.1) is 0 Å². The van der Waals surface area contributed by atoms with E-state index in [4.69, 9.17) is 4.74 Å². The van der Waals surface area contributed by atoms with Crippen LogP contribution in [0.1, 0.15) is 30.7 Å². The number of carbonyl (C=O) groups excluding carboxylic acids is 1. The van der Waals surface area contributed by atoms with Gasteiger partial charge in [-0.25, -0.2) is 0 Å². The topological polar surface area (TPSA) is 76.4 Å². The van der Waals surface area contributed by atoms with Gasteiger partial charge < -0.3 is 15.2 Å². The predicted octanol–water partition coefficient (Wildman–Crippen LogP) is 0.545. The number of aliphatic hydroxyl groups is 1. The quantitative estimate of drug-likeness (QED) is 0.845. The fraction of sp³-hybridized carbons (Fsp3) is 0.714. The molecule has 1 amide bonds. The lowest BCUT2D eigenvalue weighted by Gasteiger charge is -2.34. The van der Waals surface area contributed by atoms with E-state index in [1.165, 1.54) is 0 Å². The van der Waals surface area contributed by atoms with Gasteiger partial charge in [0.05, 0.1) is 17.8 Å². The van der Waals surface area contributed by atoms with E-state index in [1.807, 2.05) is 19.9 Å². The first-order chi connectivity index (χ1) is 9.51. The molecule has 0 unspecified atom stereocenters. The number of carbonyl (C=O) groups is 1. The monoisotopic (exact) mass is 281 g/mol. The zero-order valence-electron chi connectivity index (χ0n) is 12.3. The first-order valence-electron chi connectivity index (χ1n) is 7.02. The van der Waals surface area contributed by atoms with Gasteiger partial charge in [0, 0.05) is 12.8 Å². The van der Waals surface area contributed by atoms with Gasteiger partial charge in [0.1, 0.15) is 12.6 Å². The summed E-state index contributed by atoms with van der Waals surface area (Å²) in [5, 5.41) is 17.3. The standard InChI is InChI=1S/C14H23N3O3/c1-9-7-10(2)17(16-9)8-13(18)15-11-5-4-6-12(20-3)14(11)19/h7,11-12,14,19H,4-6,8H2,1-3H3,(H,15,18)/t11-,12-,14-/m1/s1. The Kier molecular flexibility index (Phi) is 4.77. The molecule has 112 valence electrons. The Hall–Kier alpha value is -1.40. The SMILES string of the molecule is CO[C@@H]1CCC[C@@H](NC(=O)Cn2nc(C)cc2C)[C@H]1O. The van der Waals surface area contributed by atoms with Gasteiger partial charge in [0.15, 0.2) is 0 Å². The number of hydrogen-bond acceptors (Lipinski definition) is 4. The molecule has 1 aliphatic carbocycles. The second kappa shape index (κ2) is 6.37. The van der Waals surface area contributed by atoms with Gasteiger partial charge in [0.25, 0.3) is 0 Å². The maximum absolute atomic E-state index is 12.1. The van der Waals surface area contributed by atoms with Gasteiger partial charge in [-0.2, -0.15) is 5.10 Å². The van der Waals surface area contributed by atoms with Crippen LogP contribution < -0.4 is 5.32 Å². The first-order valence-corrected chi connectivity index (χ1v) is 7.02. The molecule has 2 rings (SSSR count). The highest BCUT2D eigenvalue weighted by atomic mass is 16.5. The largest absolute Gasteiger partial charge is 0.388 e. The minimum atomic E-state index is -0.641. The molecule has 20 heavy (non-hydrogen) atoms. The second-order valence-electron chi connectivity index (χ2n) is 5.45. The average molecular weight is 281 g/mol. The van der Waals surface area contributed by atoms with Crippen LogP contribution in [0.5, 0.6) is 0 Å². The number of ether oxygens (including phenoxy) is 1. The molecule has 1 aromatic rings. The van der Waals surface area contributed by atoms with Crippen LogP contribution in [0.2, 0.25) is 0 Å². The Morgan fingerprint density at radius 1 is 1.55 bits per heavy atom. The maximum atomic E-state index is 12.1. The van der Waals surface area contributed by atoms with Crippen molar-refractivity contribution in [2.45, 2.75) is 57.9 Å². The molecule has 0 aromatic carbocycles. The van der Waals surface area contributed by atoms with Crippen molar-refractivity contribution < 1.29 is 14.6 Å². The van der Waals surface area contributed by atoms with Crippen molar-refractivity contribution in [3.05, 3.63) is 17.5 Å². The molecule has 0 radical (unpaired) electrons. The Bertz CT molecular complexity index is 472. The highest BCUT2D eigenvalue weighted by Gasteiger charge is 2.32. The van der Waals surface area contributed by atoms with Gasteiger partial charge in [-0.05, 0) is 39.2 Å². The highest BCUT2D eigenvalue weighted by molar-refractivity contribution is 5.76. The number of methoxy groups -OCH3 is 1. The molecule has 0 saturated heterocycles. The summed E-state index contributed by atoms with van der Waals surface area (Å²) < 4.78 is 6.91. The van der Waals surface area contributed by atoms with Crippen molar-refractivity contribution in [2.24, 2.45) is 0 Å². The van der Waals surface area contributed by atoms with Crippen molar-refractivity contribution in [2.75, 3.05) is 7.11 Å². The fourth-order valence-electron chi connectivity index (χ4n) is 2.78. The number of aryl methyl sites for hydroxylation is 2. The molecule has 1 aliphatic rings. The van der Waals surface area contributed by atoms with Crippen LogP contribution in [0.3, 0.4) is 0 Å². The van der Waals surface area contributed by atoms with Gasteiger partial charge in [0.2, 0.25) is 5.91 Å². The summed E-state index contributed by atoms with van der Waals surface area (Å²) in [6, 6.07) is 1.70. The van der Waals surface area contributed by atoms with Crippen LogP contribution in [-0.4, -0.2) is 46.2 Å². The summed E-state index contributed by atoms with van der Waals surface area (Å²) in [6.45, 7) is 4.00. The number of aromatic nitrogens is 2. The van der Waals surface area contributed by atoms with Gasteiger partial charge in [-0.3, -0.25) is 9.48 Å². The third-order valence-corrected chi connectivity index (χ3v) is 3.84. The Labute approximate surface area is 119 Å². The van der Waals surface area contributed by atoms with E-state index in [0.29, 0.717) is 0 Å². The van der Waals surface area contributed by atoms with E-state index < -0.39 is 6.10 Å². The average Bonchev–Trinajstić information content (AvgIpc) is 2.70. The number of nitrogens with one attached hydrogen (secondary N) is 1. The maximum Gasteiger partial charge on any atom is 0.242 e. The van der Waals surface area contributed by atoms with E-state index in [2.05, 4.69) is 10.4 Å². The van der Waals surface area contributed by atoms with Crippen molar-refractivity contribution in [1.29, 1.82) is 0 Å². The molecule has 1 fully saturated rings. The van der Waals surface area contributed by atoms with Crippen LogP contribution >= 0.6 is 0 Å². The molecule has 0 bridgehead atoms. The fourth-order valence-corrected chi connectivity index (χ4v) is 2.78. The number of hydrogen-bond donors (Lipinski definition) is 2. The lowest BCUT2D eigenvalue weighted by molar-refractivity contribution is -0.125. The lowest BCUT2D eigenvalue weighted by atomic mass is 9.90. The Morgan fingerprint density at radius 2 is 2.30 bits per heavy atom. The molecule has 6 nitrogen and oxygen atoms in total. The van der Waals surface area contributed by atoms with E-state index in [9.17, 15) is 9.90 Å². The minimum Gasteiger partial charge on any atom is -0.388 e. The summed E-state index contributed by atoms with van der Waals surface area (Å²) in [5.41, 5.74) is 1.85.